The van der Waals surface area contributed by atoms with E-state index in [1.165, 1.54) is 0 Å². The molecule has 0 saturated carbocycles. The summed E-state index contributed by atoms with van der Waals surface area (Å²) in [5.74, 6) is 0. The van der Waals surface area contributed by atoms with Crippen LogP contribution in [0.25, 0.3) is 0 Å². The third kappa shape index (κ3) is 2.73. The molecule has 0 radical (unpaired) electrons. The predicted molar refractivity (Wildman–Crippen MR) is 48.3 cm³/mol. The number of urea groups is 1. The summed E-state index contributed by atoms with van der Waals surface area (Å²) in [5, 5.41) is 10.9. The lowest BCUT2D eigenvalue weighted by Gasteiger charge is -2.07. The molecule has 1 aromatic rings. The zero-order valence-electron chi connectivity index (χ0n) is 6.95. The summed E-state index contributed by atoms with van der Waals surface area (Å²) in [6.07, 6.45) is 0. The number of rotatable bonds is 3. The van der Waals surface area contributed by atoms with Gasteiger partial charge in [-0.25, -0.2) is 10.3 Å². The van der Waals surface area contributed by atoms with Gasteiger partial charge in [0, 0.05) is 12.2 Å². The Labute approximate surface area is 75.5 Å². The van der Waals surface area contributed by atoms with Gasteiger partial charge in [0.05, 0.1) is 0 Å². The fraction of sp³-hybridized carbons (Fsp3) is 0.125. The number of carbonyl (C=O) groups excluding carboxylic acids is 1. The van der Waals surface area contributed by atoms with Crippen molar-refractivity contribution in [3.05, 3.63) is 29.8 Å². The average Bonchev–Trinajstić information content (AvgIpc) is 2.08. The number of nitrogens with one attached hydrogen (secondary N) is 2. The molecule has 0 heterocycles. The van der Waals surface area contributed by atoms with E-state index in [9.17, 15) is 4.79 Å². The summed E-state index contributed by atoms with van der Waals surface area (Å²) in [7, 11) is 0. The van der Waals surface area contributed by atoms with Crippen molar-refractivity contribution in [2.75, 3.05) is 5.32 Å². The van der Waals surface area contributed by atoms with Gasteiger partial charge in [0.25, 0.3) is 0 Å². The number of hydrogen-bond acceptors (Lipinski definition) is 3. The molecule has 70 valence electrons. The van der Waals surface area contributed by atoms with E-state index in [-0.39, 0.29) is 6.54 Å². The highest BCUT2D eigenvalue weighted by atomic mass is 16.5. The summed E-state index contributed by atoms with van der Waals surface area (Å²) in [4.78, 5) is 10.6. The number of hydrogen-bond donors (Lipinski definition) is 4. The largest absolute Gasteiger partial charge is 0.351 e. The van der Waals surface area contributed by atoms with Crippen molar-refractivity contribution in [2.24, 2.45) is 5.73 Å². The minimum Gasteiger partial charge on any atom is -0.351 e. The van der Waals surface area contributed by atoms with Crippen LogP contribution in [0.4, 0.5) is 10.5 Å². The second kappa shape index (κ2) is 4.44. The molecule has 0 aliphatic carbocycles. The highest BCUT2D eigenvalue weighted by Gasteiger charge is 2.01. The number of carbonyl (C=O) groups is 1. The molecule has 0 spiro atoms. The van der Waals surface area contributed by atoms with E-state index >= 15 is 0 Å². The summed E-state index contributed by atoms with van der Waals surface area (Å²) in [6, 6.07) is 6.43. The Morgan fingerprint density at radius 1 is 1.46 bits per heavy atom. The molecule has 0 aliphatic rings. The molecule has 2 amide bonds. The quantitative estimate of drug-likeness (QED) is 0.516. The number of anilines is 1. The normalized spacial score (nSPS) is 9.62. The van der Waals surface area contributed by atoms with Crippen molar-refractivity contribution in [2.45, 2.75) is 6.54 Å². The second-order valence-corrected chi connectivity index (χ2v) is 2.48. The summed E-state index contributed by atoms with van der Waals surface area (Å²) in [6.45, 7) is 0.260. The Morgan fingerprint density at radius 3 is 2.77 bits per heavy atom. The van der Waals surface area contributed by atoms with E-state index in [1.807, 2.05) is 5.48 Å². The van der Waals surface area contributed by atoms with Crippen molar-refractivity contribution in [1.82, 2.24) is 5.48 Å². The molecule has 0 bridgehead atoms. The van der Waals surface area contributed by atoms with Gasteiger partial charge >= 0.3 is 6.03 Å². The SMILES string of the molecule is NC(=O)Nc1ccccc1CNO. The fourth-order valence-electron chi connectivity index (χ4n) is 1.01. The minimum atomic E-state index is -0.620. The maximum Gasteiger partial charge on any atom is 0.316 e. The van der Waals surface area contributed by atoms with Crippen LogP contribution < -0.4 is 16.5 Å². The Hall–Kier alpha value is -1.59. The van der Waals surface area contributed by atoms with Gasteiger partial charge in [-0.3, -0.25) is 0 Å². The van der Waals surface area contributed by atoms with Crippen molar-refractivity contribution >= 4 is 11.7 Å². The Bertz CT molecular complexity index is 301. The first-order valence-electron chi connectivity index (χ1n) is 3.75. The Morgan fingerprint density at radius 2 is 2.15 bits per heavy atom. The number of nitrogens with two attached hydrogens (primary N) is 1. The average molecular weight is 181 g/mol. The highest BCUT2D eigenvalue weighted by Crippen LogP contribution is 2.13. The van der Waals surface area contributed by atoms with Gasteiger partial charge in [0.15, 0.2) is 0 Å². The molecule has 13 heavy (non-hydrogen) atoms. The lowest BCUT2D eigenvalue weighted by molar-refractivity contribution is 0.161. The molecule has 0 unspecified atom stereocenters. The molecule has 0 saturated heterocycles. The molecule has 1 rings (SSSR count). The molecule has 5 nitrogen and oxygen atoms in total. The van der Waals surface area contributed by atoms with Crippen molar-refractivity contribution < 1.29 is 10.0 Å². The number of hydroxylamine groups is 1. The van der Waals surface area contributed by atoms with E-state index in [0.29, 0.717) is 5.69 Å². The van der Waals surface area contributed by atoms with Crippen LogP contribution in [0.3, 0.4) is 0 Å². The van der Waals surface area contributed by atoms with Gasteiger partial charge < -0.3 is 16.3 Å². The van der Waals surface area contributed by atoms with Gasteiger partial charge in [0.2, 0.25) is 0 Å². The van der Waals surface area contributed by atoms with Crippen molar-refractivity contribution in [3.63, 3.8) is 0 Å². The third-order valence-corrected chi connectivity index (χ3v) is 1.54. The molecule has 5 heteroatoms. The second-order valence-electron chi connectivity index (χ2n) is 2.48. The standard InChI is InChI=1S/C8H11N3O2/c9-8(12)11-7-4-2-1-3-6(7)5-10-13/h1-4,10,13H,5H2,(H3,9,11,12). The van der Waals surface area contributed by atoms with Crippen LogP contribution in [-0.2, 0) is 6.54 Å². The molecule has 5 N–H and O–H groups in total. The van der Waals surface area contributed by atoms with Crippen LogP contribution >= 0.6 is 0 Å². The fourth-order valence-corrected chi connectivity index (χ4v) is 1.01. The van der Waals surface area contributed by atoms with Crippen LogP contribution in [0.1, 0.15) is 5.56 Å². The van der Waals surface area contributed by atoms with E-state index < -0.39 is 6.03 Å². The van der Waals surface area contributed by atoms with Crippen LogP contribution in [0, 0.1) is 0 Å². The third-order valence-electron chi connectivity index (χ3n) is 1.54. The van der Waals surface area contributed by atoms with Crippen LogP contribution in [0.5, 0.6) is 0 Å². The maximum absolute atomic E-state index is 10.6. The topological polar surface area (TPSA) is 87.4 Å². The highest BCUT2D eigenvalue weighted by molar-refractivity contribution is 5.88. The number of primary amides is 1. The van der Waals surface area contributed by atoms with Gasteiger partial charge in [0.1, 0.15) is 0 Å². The Kier molecular flexibility index (Phi) is 3.24. The molecule has 0 atom stereocenters. The number of amides is 2. The van der Waals surface area contributed by atoms with E-state index in [0.717, 1.165) is 5.56 Å². The minimum absolute atomic E-state index is 0.260. The molecule has 0 fully saturated rings. The van der Waals surface area contributed by atoms with Crippen molar-refractivity contribution in [1.29, 1.82) is 0 Å². The van der Waals surface area contributed by atoms with Gasteiger partial charge in [-0.15, -0.1) is 0 Å². The molecule has 1 aromatic carbocycles. The number of para-hydroxylation sites is 1. The smallest absolute Gasteiger partial charge is 0.316 e. The van der Waals surface area contributed by atoms with Crippen LogP contribution in [0.15, 0.2) is 24.3 Å². The Balaban J connectivity index is 2.84. The molecule has 0 aromatic heterocycles. The van der Waals surface area contributed by atoms with Crippen molar-refractivity contribution in [3.8, 4) is 0 Å². The van der Waals surface area contributed by atoms with Crippen LogP contribution in [-0.4, -0.2) is 11.2 Å². The summed E-state index contributed by atoms with van der Waals surface area (Å²) >= 11 is 0. The van der Waals surface area contributed by atoms with E-state index in [4.69, 9.17) is 10.9 Å². The predicted octanol–water partition coefficient (Wildman–Crippen LogP) is 0.656. The number of benzene rings is 1. The molecule has 0 aliphatic heterocycles. The van der Waals surface area contributed by atoms with Crippen LogP contribution in [0.2, 0.25) is 0 Å². The molecular weight excluding hydrogens is 170 g/mol. The zero-order valence-corrected chi connectivity index (χ0v) is 6.95. The first-order chi connectivity index (χ1) is 6.24. The van der Waals surface area contributed by atoms with E-state index in [1.54, 1.807) is 24.3 Å². The van der Waals surface area contributed by atoms with Gasteiger partial charge in [-0.05, 0) is 11.6 Å². The lowest BCUT2D eigenvalue weighted by atomic mass is 10.2. The monoisotopic (exact) mass is 181 g/mol. The van der Waals surface area contributed by atoms with Gasteiger partial charge in [-0.2, -0.15) is 0 Å². The maximum atomic E-state index is 10.6. The summed E-state index contributed by atoms with van der Waals surface area (Å²) in [5.41, 5.74) is 8.32. The zero-order chi connectivity index (χ0) is 9.68. The molecular formula is C8H11N3O2. The van der Waals surface area contributed by atoms with E-state index in [2.05, 4.69) is 5.32 Å². The van der Waals surface area contributed by atoms with Gasteiger partial charge in [-0.1, -0.05) is 18.2 Å². The first kappa shape index (κ1) is 9.50. The summed E-state index contributed by atoms with van der Waals surface area (Å²) < 4.78 is 0. The first-order valence-corrected chi connectivity index (χ1v) is 3.75. The lowest BCUT2D eigenvalue weighted by Crippen LogP contribution is -2.21.